The molecule has 0 aliphatic carbocycles. The van der Waals surface area contributed by atoms with E-state index in [1.807, 2.05) is 42.5 Å². The normalized spacial score (nSPS) is 10.8. The number of amides is 1. The zero-order valence-corrected chi connectivity index (χ0v) is 15.0. The van der Waals surface area contributed by atoms with Crippen LogP contribution in [0.3, 0.4) is 0 Å². The van der Waals surface area contributed by atoms with Gasteiger partial charge in [0.05, 0.1) is 10.6 Å². The van der Waals surface area contributed by atoms with E-state index in [0.717, 1.165) is 16.5 Å². The smallest absolute Gasteiger partial charge is 0.293 e. The molecule has 0 unspecified atom stereocenters. The maximum Gasteiger partial charge on any atom is 0.293 e. The molecule has 3 aromatic carbocycles. The van der Waals surface area contributed by atoms with E-state index in [1.165, 1.54) is 12.1 Å². The van der Waals surface area contributed by atoms with E-state index in [-0.39, 0.29) is 17.4 Å². The van der Waals surface area contributed by atoms with Crippen molar-refractivity contribution in [2.75, 3.05) is 11.9 Å². The minimum Gasteiger partial charge on any atom is -0.451 e. The van der Waals surface area contributed by atoms with Crippen LogP contribution in [-0.2, 0) is 0 Å². The van der Waals surface area contributed by atoms with E-state index >= 15 is 0 Å². The first kappa shape index (κ1) is 17.5. The number of fused-ring (bicyclic) bond motifs is 1. The van der Waals surface area contributed by atoms with Gasteiger partial charge in [-0.05, 0) is 23.6 Å². The number of furan rings is 1. The van der Waals surface area contributed by atoms with Crippen LogP contribution in [0.2, 0.25) is 0 Å². The SMILES string of the molecule is CN(C(=O)c1ccc(-c2cccc([N+](=O)[O-])c2)o1)c1cccc2ccccc12. The molecule has 138 valence electrons. The van der Waals surface area contributed by atoms with Gasteiger partial charge in [0.2, 0.25) is 0 Å². The summed E-state index contributed by atoms with van der Waals surface area (Å²) in [4.78, 5) is 25.0. The van der Waals surface area contributed by atoms with Crippen LogP contribution < -0.4 is 4.90 Å². The number of nitrogens with zero attached hydrogens (tertiary/aromatic N) is 2. The Morgan fingerprint density at radius 3 is 2.54 bits per heavy atom. The highest BCUT2D eigenvalue weighted by atomic mass is 16.6. The number of nitro benzene ring substituents is 1. The van der Waals surface area contributed by atoms with E-state index in [0.29, 0.717) is 11.3 Å². The van der Waals surface area contributed by atoms with Crippen LogP contribution in [0.5, 0.6) is 0 Å². The number of carbonyl (C=O) groups excluding carboxylic acids is 1. The molecule has 6 heteroatoms. The number of hydrogen-bond donors (Lipinski definition) is 0. The van der Waals surface area contributed by atoms with Crippen molar-refractivity contribution in [3.63, 3.8) is 0 Å². The van der Waals surface area contributed by atoms with Crippen LogP contribution in [0.1, 0.15) is 10.6 Å². The van der Waals surface area contributed by atoms with Crippen LogP contribution in [-0.4, -0.2) is 17.9 Å². The minimum absolute atomic E-state index is 0.0327. The molecule has 0 aliphatic heterocycles. The van der Waals surface area contributed by atoms with Crippen LogP contribution in [0.4, 0.5) is 11.4 Å². The molecule has 0 saturated carbocycles. The summed E-state index contributed by atoms with van der Waals surface area (Å²) in [7, 11) is 1.69. The third-order valence-corrected chi connectivity index (χ3v) is 4.59. The third kappa shape index (κ3) is 3.12. The Kier molecular flexibility index (Phi) is 4.37. The largest absolute Gasteiger partial charge is 0.451 e. The lowest BCUT2D eigenvalue weighted by atomic mass is 10.1. The van der Waals surface area contributed by atoms with Crippen molar-refractivity contribution >= 4 is 28.1 Å². The second kappa shape index (κ2) is 7.00. The van der Waals surface area contributed by atoms with E-state index < -0.39 is 4.92 Å². The quantitative estimate of drug-likeness (QED) is 0.360. The number of carbonyl (C=O) groups is 1. The zero-order valence-electron chi connectivity index (χ0n) is 15.0. The standard InChI is InChI=1S/C22H16N2O4/c1-23(19-11-5-7-15-6-2-3-10-18(15)19)22(25)21-13-12-20(28-21)16-8-4-9-17(14-16)24(26)27/h2-14H,1H3. The van der Waals surface area contributed by atoms with Crippen molar-refractivity contribution in [3.8, 4) is 11.3 Å². The van der Waals surface area contributed by atoms with Crippen molar-refractivity contribution in [3.05, 3.63) is 94.7 Å². The van der Waals surface area contributed by atoms with Gasteiger partial charge in [-0.3, -0.25) is 14.9 Å². The topological polar surface area (TPSA) is 76.6 Å². The van der Waals surface area contributed by atoms with E-state index in [1.54, 1.807) is 36.2 Å². The summed E-state index contributed by atoms with van der Waals surface area (Å²) in [6, 6.07) is 22.9. The monoisotopic (exact) mass is 372 g/mol. The van der Waals surface area contributed by atoms with E-state index in [2.05, 4.69) is 0 Å². The molecule has 1 amide bonds. The van der Waals surface area contributed by atoms with Gasteiger partial charge in [0, 0.05) is 30.1 Å². The number of benzene rings is 3. The molecule has 1 heterocycles. The molecule has 0 atom stereocenters. The minimum atomic E-state index is -0.465. The number of non-ortho nitro benzene ring substituents is 1. The van der Waals surface area contributed by atoms with Gasteiger partial charge in [-0.25, -0.2) is 0 Å². The summed E-state index contributed by atoms with van der Waals surface area (Å²) in [5.74, 6) is 0.267. The van der Waals surface area contributed by atoms with Gasteiger partial charge in [0.15, 0.2) is 5.76 Å². The highest BCUT2D eigenvalue weighted by Gasteiger charge is 2.20. The molecule has 0 aliphatic rings. The van der Waals surface area contributed by atoms with Crippen molar-refractivity contribution in [2.24, 2.45) is 0 Å². The lowest BCUT2D eigenvalue weighted by molar-refractivity contribution is -0.384. The maximum absolute atomic E-state index is 12.9. The first-order chi connectivity index (χ1) is 13.5. The number of nitro groups is 1. The summed E-state index contributed by atoms with van der Waals surface area (Å²) in [5, 5.41) is 13.0. The Hall–Kier alpha value is -3.93. The third-order valence-electron chi connectivity index (χ3n) is 4.59. The number of rotatable bonds is 4. The summed E-state index contributed by atoms with van der Waals surface area (Å²) in [5.41, 5.74) is 1.28. The highest BCUT2D eigenvalue weighted by molar-refractivity contribution is 6.09. The summed E-state index contributed by atoms with van der Waals surface area (Å²) < 4.78 is 5.71. The fourth-order valence-electron chi connectivity index (χ4n) is 3.16. The van der Waals surface area contributed by atoms with Crippen LogP contribution in [0, 0.1) is 10.1 Å². The lowest BCUT2D eigenvalue weighted by Crippen LogP contribution is -2.25. The van der Waals surface area contributed by atoms with Crippen molar-refractivity contribution in [2.45, 2.75) is 0 Å². The van der Waals surface area contributed by atoms with Gasteiger partial charge < -0.3 is 9.32 Å². The number of hydrogen-bond acceptors (Lipinski definition) is 4. The predicted octanol–water partition coefficient (Wildman–Crippen LogP) is 5.28. The van der Waals surface area contributed by atoms with Gasteiger partial charge >= 0.3 is 0 Å². The van der Waals surface area contributed by atoms with Crippen LogP contribution in [0.15, 0.2) is 83.3 Å². The van der Waals surface area contributed by atoms with E-state index in [4.69, 9.17) is 4.42 Å². The predicted molar refractivity (Wildman–Crippen MR) is 107 cm³/mol. The molecule has 0 bridgehead atoms. The summed E-state index contributed by atoms with van der Waals surface area (Å²) >= 11 is 0. The molecule has 0 saturated heterocycles. The molecule has 0 spiro atoms. The van der Waals surface area contributed by atoms with Gasteiger partial charge in [-0.1, -0.05) is 48.5 Å². The lowest BCUT2D eigenvalue weighted by Gasteiger charge is -2.18. The van der Waals surface area contributed by atoms with Crippen molar-refractivity contribution < 1.29 is 14.1 Å². The molecular weight excluding hydrogens is 356 g/mol. The molecule has 0 radical (unpaired) electrons. The summed E-state index contributed by atoms with van der Waals surface area (Å²) in [6.45, 7) is 0. The van der Waals surface area contributed by atoms with Crippen molar-refractivity contribution in [1.82, 2.24) is 0 Å². The van der Waals surface area contributed by atoms with Crippen molar-refractivity contribution in [1.29, 1.82) is 0 Å². The van der Waals surface area contributed by atoms with Gasteiger partial charge in [-0.15, -0.1) is 0 Å². The second-order valence-electron chi connectivity index (χ2n) is 6.33. The average Bonchev–Trinajstić information content (AvgIpc) is 3.22. The fraction of sp³-hybridized carbons (Fsp3) is 0.0455. The summed E-state index contributed by atoms with van der Waals surface area (Å²) in [6.07, 6.45) is 0. The Labute approximate surface area is 160 Å². The fourth-order valence-corrected chi connectivity index (χ4v) is 3.16. The number of anilines is 1. The van der Waals surface area contributed by atoms with E-state index in [9.17, 15) is 14.9 Å². The Morgan fingerprint density at radius 2 is 1.71 bits per heavy atom. The van der Waals surface area contributed by atoms with Crippen LogP contribution in [0.25, 0.3) is 22.1 Å². The molecule has 0 fully saturated rings. The molecule has 4 aromatic rings. The first-order valence-electron chi connectivity index (χ1n) is 8.65. The Morgan fingerprint density at radius 1 is 0.964 bits per heavy atom. The Balaban J connectivity index is 1.66. The Bertz CT molecular complexity index is 1190. The second-order valence-corrected chi connectivity index (χ2v) is 6.33. The molecular formula is C22H16N2O4. The van der Waals surface area contributed by atoms with Gasteiger partial charge in [-0.2, -0.15) is 0 Å². The zero-order chi connectivity index (χ0) is 19.7. The molecule has 4 rings (SSSR count). The molecule has 1 aromatic heterocycles. The van der Waals surface area contributed by atoms with Crippen LogP contribution >= 0.6 is 0 Å². The highest BCUT2D eigenvalue weighted by Crippen LogP contribution is 2.29. The average molecular weight is 372 g/mol. The maximum atomic E-state index is 12.9. The molecule has 6 nitrogen and oxygen atoms in total. The van der Waals surface area contributed by atoms with Gasteiger partial charge in [0.1, 0.15) is 5.76 Å². The molecule has 28 heavy (non-hydrogen) atoms. The molecule has 0 N–H and O–H groups in total. The van der Waals surface area contributed by atoms with Gasteiger partial charge in [0.25, 0.3) is 11.6 Å². The first-order valence-corrected chi connectivity index (χ1v) is 8.65.